The Labute approximate surface area is 173 Å². The smallest absolute Gasteiger partial charge is 0.243 e. The molecule has 3 rings (SSSR count). The summed E-state index contributed by atoms with van der Waals surface area (Å²) >= 11 is 6.84. The van der Waals surface area contributed by atoms with Gasteiger partial charge in [0, 0.05) is 19.5 Å². The summed E-state index contributed by atoms with van der Waals surface area (Å²) in [5.74, 6) is 1.09. The Hall–Kier alpha value is -2.00. The minimum Gasteiger partial charge on any atom is -0.354 e. The second kappa shape index (κ2) is 9.97. The molecule has 1 aliphatic rings. The average molecular weight is 422 g/mol. The molecule has 1 saturated carbocycles. The number of aromatic nitrogens is 3. The van der Waals surface area contributed by atoms with E-state index in [4.69, 9.17) is 12.2 Å². The third kappa shape index (κ3) is 5.29. The van der Waals surface area contributed by atoms with Crippen molar-refractivity contribution in [3.8, 4) is 10.7 Å². The van der Waals surface area contributed by atoms with Crippen LogP contribution in [-0.2, 0) is 9.59 Å². The Kier molecular flexibility index (Phi) is 7.38. The monoisotopic (exact) mass is 421 g/mol. The highest BCUT2D eigenvalue weighted by Gasteiger charge is 2.21. The van der Waals surface area contributed by atoms with Gasteiger partial charge < -0.3 is 10.6 Å². The van der Waals surface area contributed by atoms with Crippen LogP contribution in [0.2, 0.25) is 0 Å². The highest BCUT2D eigenvalue weighted by atomic mass is 32.1. The number of carbonyl (C=O) groups is 2. The zero-order valence-corrected chi connectivity index (χ0v) is 17.7. The van der Waals surface area contributed by atoms with Gasteiger partial charge in [-0.1, -0.05) is 25.3 Å². The number of amides is 2. The highest BCUT2D eigenvalue weighted by molar-refractivity contribution is 7.71. The largest absolute Gasteiger partial charge is 0.354 e. The van der Waals surface area contributed by atoms with Crippen molar-refractivity contribution < 1.29 is 9.59 Å². The first-order valence-electron chi connectivity index (χ1n) is 9.81. The van der Waals surface area contributed by atoms with Crippen molar-refractivity contribution in [2.24, 2.45) is 5.92 Å². The van der Waals surface area contributed by atoms with Gasteiger partial charge in [-0.15, -0.1) is 11.3 Å². The Balaban J connectivity index is 1.46. The van der Waals surface area contributed by atoms with Crippen LogP contribution in [0.25, 0.3) is 10.7 Å². The molecule has 2 amide bonds. The predicted molar refractivity (Wildman–Crippen MR) is 113 cm³/mol. The summed E-state index contributed by atoms with van der Waals surface area (Å²) in [6.07, 6.45) is 6.65. The molecule has 1 aliphatic carbocycles. The minimum absolute atomic E-state index is 0.0752. The maximum absolute atomic E-state index is 12.5. The molecule has 2 aromatic rings. The van der Waals surface area contributed by atoms with Crippen molar-refractivity contribution in [3.63, 3.8) is 0 Å². The Morgan fingerprint density at radius 2 is 2.07 bits per heavy atom. The van der Waals surface area contributed by atoms with Gasteiger partial charge in [-0.3, -0.25) is 19.3 Å². The zero-order chi connectivity index (χ0) is 19.9. The van der Waals surface area contributed by atoms with E-state index in [9.17, 15) is 9.59 Å². The van der Waals surface area contributed by atoms with Crippen molar-refractivity contribution in [1.82, 2.24) is 25.4 Å². The van der Waals surface area contributed by atoms with Crippen molar-refractivity contribution in [1.29, 1.82) is 0 Å². The van der Waals surface area contributed by atoms with Crippen LogP contribution < -0.4 is 10.6 Å². The van der Waals surface area contributed by atoms with Crippen molar-refractivity contribution in [3.05, 3.63) is 22.3 Å². The normalized spacial score (nSPS) is 15.9. The van der Waals surface area contributed by atoms with Crippen LogP contribution in [0.15, 0.2) is 17.5 Å². The predicted octanol–water partition coefficient (Wildman–Crippen LogP) is 3.43. The van der Waals surface area contributed by atoms with Crippen LogP contribution in [0.3, 0.4) is 0 Å². The zero-order valence-electron chi connectivity index (χ0n) is 16.1. The number of aromatic amines is 1. The SMILES string of the molecule is CC(C(=O)NCCNC(=O)CC1CCCCC1)n1c(-c2cccs2)n[nH]c1=S. The van der Waals surface area contributed by atoms with E-state index in [0.717, 1.165) is 17.7 Å². The van der Waals surface area contributed by atoms with Gasteiger partial charge in [-0.05, 0) is 49.3 Å². The van der Waals surface area contributed by atoms with Crippen LogP contribution in [0.1, 0.15) is 51.5 Å². The second-order valence-electron chi connectivity index (χ2n) is 7.22. The van der Waals surface area contributed by atoms with Gasteiger partial charge in [0.1, 0.15) is 6.04 Å². The molecule has 9 heteroatoms. The fourth-order valence-corrected chi connectivity index (χ4v) is 4.62. The standard InChI is InChI=1S/C19H27N5O2S2/c1-13(24-17(22-23-19(24)27)15-8-5-11-28-15)18(26)21-10-9-20-16(25)12-14-6-3-2-4-7-14/h5,8,11,13-14H,2-4,6-7,9-10,12H2,1H3,(H,20,25)(H,21,26)(H,23,27). The van der Waals surface area contributed by atoms with Crippen LogP contribution in [0.5, 0.6) is 0 Å². The lowest BCUT2D eigenvalue weighted by atomic mass is 9.87. The van der Waals surface area contributed by atoms with E-state index < -0.39 is 6.04 Å². The Morgan fingerprint density at radius 1 is 1.32 bits per heavy atom. The molecule has 0 spiro atoms. The third-order valence-corrected chi connectivity index (χ3v) is 6.31. The lowest BCUT2D eigenvalue weighted by molar-refractivity contribution is -0.125. The number of carbonyl (C=O) groups excluding carboxylic acids is 2. The van der Waals surface area contributed by atoms with Gasteiger partial charge in [0.05, 0.1) is 4.88 Å². The van der Waals surface area contributed by atoms with Crippen LogP contribution in [0, 0.1) is 10.7 Å². The number of hydrogen-bond donors (Lipinski definition) is 3. The molecule has 0 bridgehead atoms. The van der Waals surface area contributed by atoms with Gasteiger partial charge in [-0.25, -0.2) is 0 Å². The third-order valence-electron chi connectivity index (χ3n) is 5.16. The first-order chi connectivity index (χ1) is 13.6. The van der Waals surface area contributed by atoms with Crippen LogP contribution in [0.4, 0.5) is 0 Å². The van der Waals surface area contributed by atoms with E-state index in [2.05, 4.69) is 20.8 Å². The molecule has 2 heterocycles. The van der Waals surface area contributed by atoms with E-state index in [1.54, 1.807) is 22.8 Å². The summed E-state index contributed by atoms with van der Waals surface area (Å²) in [7, 11) is 0. The van der Waals surface area contributed by atoms with Crippen molar-refractivity contribution in [2.75, 3.05) is 13.1 Å². The Morgan fingerprint density at radius 3 is 2.79 bits per heavy atom. The van der Waals surface area contributed by atoms with Gasteiger partial charge in [0.25, 0.3) is 0 Å². The summed E-state index contributed by atoms with van der Waals surface area (Å²) < 4.78 is 2.13. The van der Waals surface area contributed by atoms with Crippen LogP contribution in [-0.4, -0.2) is 39.7 Å². The van der Waals surface area contributed by atoms with Gasteiger partial charge >= 0.3 is 0 Å². The van der Waals surface area contributed by atoms with Crippen molar-refractivity contribution >= 4 is 35.4 Å². The quantitative estimate of drug-likeness (QED) is 0.450. The molecule has 1 fully saturated rings. The number of nitrogens with zero attached hydrogens (tertiary/aromatic N) is 2. The number of thiophene rings is 1. The summed E-state index contributed by atoms with van der Waals surface area (Å²) in [5, 5.41) is 14.8. The van der Waals surface area contributed by atoms with E-state index in [0.29, 0.717) is 36.0 Å². The average Bonchev–Trinajstić information content (AvgIpc) is 3.34. The summed E-state index contributed by atoms with van der Waals surface area (Å²) in [6.45, 7) is 2.61. The minimum atomic E-state index is -0.499. The molecule has 0 aromatic carbocycles. The molecule has 7 nitrogen and oxygen atoms in total. The van der Waals surface area contributed by atoms with Crippen LogP contribution >= 0.6 is 23.6 Å². The molecule has 1 atom stereocenters. The molecule has 0 aliphatic heterocycles. The van der Waals surface area contributed by atoms with Gasteiger partial charge in [0.2, 0.25) is 11.8 Å². The first-order valence-corrected chi connectivity index (χ1v) is 11.1. The van der Waals surface area contributed by atoms with E-state index >= 15 is 0 Å². The molecule has 152 valence electrons. The highest BCUT2D eigenvalue weighted by Crippen LogP contribution is 2.26. The van der Waals surface area contributed by atoms with E-state index in [1.165, 1.54) is 19.3 Å². The van der Waals surface area contributed by atoms with Crippen molar-refractivity contribution in [2.45, 2.75) is 51.5 Å². The number of hydrogen-bond acceptors (Lipinski definition) is 5. The first kappa shape index (κ1) is 20.7. The fourth-order valence-electron chi connectivity index (χ4n) is 3.62. The van der Waals surface area contributed by atoms with Gasteiger partial charge in [-0.2, -0.15) is 5.10 Å². The molecule has 28 heavy (non-hydrogen) atoms. The van der Waals surface area contributed by atoms with E-state index in [1.807, 2.05) is 17.5 Å². The maximum atomic E-state index is 12.5. The number of rotatable bonds is 8. The number of nitrogens with one attached hydrogen (secondary N) is 3. The molecular formula is C19H27N5O2S2. The summed E-state index contributed by atoms with van der Waals surface area (Å²) in [5.41, 5.74) is 0. The molecule has 1 unspecified atom stereocenters. The fraction of sp³-hybridized carbons (Fsp3) is 0.579. The molecule has 2 aromatic heterocycles. The topological polar surface area (TPSA) is 91.8 Å². The lowest BCUT2D eigenvalue weighted by Crippen LogP contribution is -2.38. The molecule has 0 radical (unpaired) electrons. The summed E-state index contributed by atoms with van der Waals surface area (Å²) in [4.78, 5) is 25.5. The summed E-state index contributed by atoms with van der Waals surface area (Å²) in [6, 6.07) is 3.38. The molecule has 3 N–H and O–H groups in total. The lowest BCUT2D eigenvalue weighted by Gasteiger charge is -2.21. The molecular weight excluding hydrogens is 394 g/mol. The number of H-pyrrole nitrogens is 1. The maximum Gasteiger partial charge on any atom is 0.243 e. The molecule has 0 saturated heterocycles. The second-order valence-corrected chi connectivity index (χ2v) is 8.56. The van der Waals surface area contributed by atoms with Gasteiger partial charge in [0.15, 0.2) is 10.6 Å². The Bertz CT molecular complexity index is 837. The van der Waals surface area contributed by atoms with E-state index in [-0.39, 0.29) is 11.8 Å².